The van der Waals surface area contributed by atoms with E-state index in [0.29, 0.717) is 32.4 Å². The number of aromatic nitrogens is 3. The Bertz CT molecular complexity index is 1360. The molecule has 34 heavy (non-hydrogen) atoms. The minimum atomic E-state index is -4.42. The van der Waals surface area contributed by atoms with Gasteiger partial charge in [0.1, 0.15) is 6.23 Å². The zero-order valence-electron chi connectivity index (χ0n) is 18.8. The fourth-order valence-electron chi connectivity index (χ4n) is 3.54. The lowest BCUT2D eigenvalue weighted by Crippen LogP contribution is -2.43. The highest BCUT2D eigenvalue weighted by Crippen LogP contribution is 2.35. The van der Waals surface area contributed by atoms with Crippen LogP contribution in [-0.4, -0.2) is 50.6 Å². The molecule has 3 N–H and O–H groups in total. The number of rotatable bonds is 6. The summed E-state index contributed by atoms with van der Waals surface area (Å²) in [7, 11) is 5.07. The second-order valence-corrected chi connectivity index (χ2v) is 9.12. The van der Waals surface area contributed by atoms with E-state index in [9.17, 15) is 23.1 Å². The molecule has 2 aromatic carbocycles. The van der Waals surface area contributed by atoms with Crippen molar-refractivity contribution in [3.63, 3.8) is 0 Å². The van der Waals surface area contributed by atoms with Crippen LogP contribution in [0.4, 0.5) is 24.3 Å². The van der Waals surface area contributed by atoms with Crippen molar-refractivity contribution in [2.24, 2.45) is 7.05 Å². The van der Waals surface area contributed by atoms with Gasteiger partial charge in [0.2, 0.25) is 11.9 Å². The van der Waals surface area contributed by atoms with E-state index in [0.717, 1.165) is 29.0 Å². The first-order valence-corrected chi connectivity index (χ1v) is 11.1. The molecule has 8 nitrogen and oxygen atoms in total. The molecule has 0 bridgehead atoms. The Morgan fingerprint density at radius 3 is 2.56 bits per heavy atom. The fraction of sp³-hybridized carbons (Fsp3) is 0.318. The van der Waals surface area contributed by atoms with E-state index in [1.807, 2.05) is 0 Å². The Labute approximate surface area is 197 Å². The van der Waals surface area contributed by atoms with Crippen molar-refractivity contribution in [2.45, 2.75) is 25.4 Å². The summed E-state index contributed by atoms with van der Waals surface area (Å²) in [5.41, 5.74) is 1.64. The molecule has 4 rings (SSSR count). The largest absolute Gasteiger partial charge is 0.416 e. The van der Waals surface area contributed by atoms with E-state index in [2.05, 4.69) is 20.6 Å². The summed E-state index contributed by atoms with van der Waals surface area (Å²) in [5, 5.41) is 16.9. The smallest absolute Gasteiger partial charge is 0.374 e. The summed E-state index contributed by atoms with van der Waals surface area (Å²) in [6.45, 7) is 1.67. The number of nitrogens with one attached hydrogen (secondary N) is 2. The van der Waals surface area contributed by atoms with Gasteiger partial charge in [0, 0.05) is 21.1 Å². The van der Waals surface area contributed by atoms with Gasteiger partial charge in [-0.15, -0.1) is 0 Å². The summed E-state index contributed by atoms with van der Waals surface area (Å²) in [5.74, 6) is 0.281. The lowest BCUT2D eigenvalue weighted by atomic mass is 10.1. The van der Waals surface area contributed by atoms with Gasteiger partial charge in [-0.2, -0.15) is 13.2 Å². The van der Waals surface area contributed by atoms with Gasteiger partial charge < -0.3 is 19.9 Å². The van der Waals surface area contributed by atoms with Crippen LogP contribution in [-0.2, 0) is 18.0 Å². The number of anilines is 2. The Kier molecular flexibility index (Phi) is 6.23. The molecule has 12 heteroatoms. The predicted molar refractivity (Wildman–Crippen MR) is 125 cm³/mol. The standard InChI is InChI=1S/C22H23F3N6O2S/c1-11(19(33)30(2)3)26-18(32)12-5-8-16-15(9-12)27-20(31(16)4)29-21-28-14-7-6-13(22(23,24)25)10-17(14)34-21/h5-11,18,26,32H,1-4H3,(H,27,28,29)/t11-,18?/m1/s1. The zero-order valence-corrected chi connectivity index (χ0v) is 19.6. The maximum atomic E-state index is 13.0. The molecule has 180 valence electrons. The van der Waals surface area contributed by atoms with Crippen molar-refractivity contribution in [1.82, 2.24) is 24.8 Å². The fourth-order valence-corrected chi connectivity index (χ4v) is 4.44. The van der Waals surface area contributed by atoms with Gasteiger partial charge >= 0.3 is 6.18 Å². The van der Waals surface area contributed by atoms with Gasteiger partial charge in [-0.25, -0.2) is 9.97 Å². The van der Waals surface area contributed by atoms with E-state index < -0.39 is 24.0 Å². The first-order valence-electron chi connectivity index (χ1n) is 10.3. The van der Waals surface area contributed by atoms with Crippen LogP contribution in [0.3, 0.4) is 0 Å². The average Bonchev–Trinajstić information content (AvgIpc) is 3.31. The maximum absolute atomic E-state index is 13.0. The number of aryl methyl sites for hydroxylation is 1. The molecule has 0 aliphatic carbocycles. The Morgan fingerprint density at radius 1 is 1.15 bits per heavy atom. The lowest BCUT2D eigenvalue weighted by Gasteiger charge is -2.21. The van der Waals surface area contributed by atoms with Crippen LogP contribution in [0.15, 0.2) is 36.4 Å². The number of aliphatic hydroxyl groups is 1. The molecule has 0 radical (unpaired) electrons. The third kappa shape index (κ3) is 4.69. The van der Waals surface area contributed by atoms with E-state index >= 15 is 0 Å². The highest BCUT2D eigenvalue weighted by molar-refractivity contribution is 7.22. The molecule has 4 aromatic rings. The van der Waals surface area contributed by atoms with Crippen LogP contribution >= 0.6 is 11.3 Å². The van der Waals surface area contributed by atoms with Crippen molar-refractivity contribution in [1.29, 1.82) is 0 Å². The monoisotopic (exact) mass is 492 g/mol. The molecule has 2 heterocycles. The normalized spacial score (nSPS) is 13.9. The molecule has 2 aromatic heterocycles. The van der Waals surface area contributed by atoms with Crippen molar-refractivity contribution in [3.05, 3.63) is 47.5 Å². The number of thiazole rings is 1. The van der Waals surface area contributed by atoms with Crippen molar-refractivity contribution in [2.75, 3.05) is 19.4 Å². The number of benzene rings is 2. The van der Waals surface area contributed by atoms with Gasteiger partial charge in [-0.3, -0.25) is 10.1 Å². The number of carbonyl (C=O) groups excluding carboxylic acids is 1. The minimum absolute atomic E-state index is 0.164. The number of hydrogen-bond donors (Lipinski definition) is 3. The number of carbonyl (C=O) groups is 1. The van der Waals surface area contributed by atoms with E-state index in [-0.39, 0.29) is 5.91 Å². The number of nitrogens with zero attached hydrogens (tertiary/aromatic N) is 4. The summed E-state index contributed by atoms with van der Waals surface area (Å²) < 4.78 is 41.2. The highest BCUT2D eigenvalue weighted by Gasteiger charge is 2.30. The molecule has 1 unspecified atom stereocenters. The topological polar surface area (TPSA) is 95.3 Å². The number of fused-ring (bicyclic) bond motifs is 2. The molecule has 2 atom stereocenters. The summed E-state index contributed by atoms with van der Waals surface area (Å²) >= 11 is 1.10. The SMILES string of the molecule is C[C@@H](NC(O)c1ccc2c(c1)nc(Nc1nc3ccc(C(F)(F)F)cc3s1)n2C)C(=O)N(C)C. The molecule has 0 aliphatic heterocycles. The molecule has 1 amide bonds. The molecule has 0 spiro atoms. The van der Waals surface area contributed by atoms with Crippen LogP contribution in [0, 0.1) is 0 Å². The van der Waals surface area contributed by atoms with Crippen LogP contribution in [0.5, 0.6) is 0 Å². The number of amides is 1. The second kappa shape index (κ2) is 8.85. The maximum Gasteiger partial charge on any atom is 0.416 e. The van der Waals surface area contributed by atoms with E-state index in [4.69, 9.17) is 0 Å². The minimum Gasteiger partial charge on any atom is -0.374 e. The Hall–Kier alpha value is -3.22. The van der Waals surface area contributed by atoms with Crippen molar-refractivity contribution >= 4 is 49.6 Å². The Morgan fingerprint density at radius 2 is 1.88 bits per heavy atom. The van der Waals surface area contributed by atoms with E-state index in [1.165, 1.54) is 11.0 Å². The van der Waals surface area contributed by atoms with Crippen LogP contribution in [0.2, 0.25) is 0 Å². The average molecular weight is 493 g/mol. The molecular formula is C22H23F3N6O2S. The van der Waals surface area contributed by atoms with Crippen LogP contribution < -0.4 is 10.6 Å². The first-order chi connectivity index (χ1) is 15.9. The third-order valence-electron chi connectivity index (χ3n) is 5.37. The molecular weight excluding hydrogens is 469 g/mol. The van der Waals surface area contributed by atoms with Gasteiger partial charge in [-0.1, -0.05) is 17.4 Å². The first kappa shape index (κ1) is 23.9. The van der Waals surface area contributed by atoms with Crippen molar-refractivity contribution < 1.29 is 23.1 Å². The van der Waals surface area contributed by atoms with Crippen LogP contribution in [0.1, 0.15) is 24.3 Å². The van der Waals surface area contributed by atoms with Gasteiger partial charge in [0.25, 0.3) is 0 Å². The van der Waals surface area contributed by atoms with Gasteiger partial charge in [-0.05, 0) is 42.8 Å². The number of hydrogen-bond acceptors (Lipinski definition) is 7. The number of imidazole rings is 1. The summed E-state index contributed by atoms with van der Waals surface area (Å²) in [6, 6.07) is 8.08. The molecule has 0 saturated heterocycles. The lowest BCUT2D eigenvalue weighted by molar-refractivity contribution is -0.137. The summed E-state index contributed by atoms with van der Waals surface area (Å²) in [4.78, 5) is 22.4. The van der Waals surface area contributed by atoms with E-state index in [1.54, 1.807) is 50.8 Å². The van der Waals surface area contributed by atoms with Gasteiger partial charge in [0.05, 0.1) is 32.9 Å². The second-order valence-electron chi connectivity index (χ2n) is 8.09. The molecule has 0 fully saturated rings. The third-order valence-corrected chi connectivity index (χ3v) is 6.31. The molecule has 0 aliphatic rings. The van der Waals surface area contributed by atoms with Gasteiger partial charge in [0.15, 0.2) is 5.13 Å². The Balaban J connectivity index is 1.57. The zero-order chi connectivity index (χ0) is 24.8. The highest BCUT2D eigenvalue weighted by atomic mass is 32.1. The molecule has 0 saturated carbocycles. The summed E-state index contributed by atoms with van der Waals surface area (Å²) in [6.07, 6.45) is -5.49. The quantitative estimate of drug-likeness (QED) is 0.352. The number of halogens is 3. The number of alkyl halides is 3. The van der Waals surface area contributed by atoms with Crippen molar-refractivity contribution in [3.8, 4) is 0 Å². The number of aliphatic hydroxyl groups excluding tert-OH is 1. The van der Waals surface area contributed by atoms with Crippen LogP contribution in [0.25, 0.3) is 21.3 Å². The predicted octanol–water partition coefficient (Wildman–Crippen LogP) is 4.00. The number of likely N-dealkylation sites (N-methyl/N-ethyl adjacent to an activating group) is 1.